The van der Waals surface area contributed by atoms with E-state index in [4.69, 9.17) is 0 Å². The van der Waals surface area contributed by atoms with Crippen molar-refractivity contribution in [2.45, 2.75) is 39.2 Å². The zero-order chi connectivity index (χ0) is 19.7. The molecule has 1 unspecified atom stereocenters. The molecule has 0 spiro atoms. The number of rotatable bonds is 4. The molecule has 0 radical (unpaired) electrons. The van der Waals surface area contributed by atoms with Gasteiger partial charge in [-0.1, -0.05) is 6.07 Å². The Bertz CT molecular complexity index is 1040. The van der Waals surface area contributed by atoms with E-state index in [1.807, 2.05) is 36.3 Å². The van der Waals surface area contributed by atoms with Crippen molar-refractivity contribution < 1.29 is 4.79 Å². The molecule has 1 fully saturated rings. The summed E-state index contributed by atoms with van der Waals surface area (Å²) in [6.45, 7) is 5.09. The Morgan fingerprint density at radius 2 is 2.21 bits per heavy atom. The zero-order valence-corrected chi connectivity index (χ0v) is 16.7. The average molecular weight is 398 g/mol. The number of carbonyl (C=O) groups is 1. The van der Waals surface area contributed by atoms with Crippen LogP contribution >= 0.6 is 11.3 Å². The molecule has 0 saturated carbocycles. The van der Waals surface area contributed by atoms with Crippen LogP contribution in [0.5, 0.6) is 0 Å². The van der Waals surface area contributed by atoms with Gasteiger partial charge in [0.1, 0.15) is 24.0 Å². The molecule has 4 rings (SSSR count). The lowest BCUT2D eigenvalue weighted by Crippen LogP contribution is -2.41. The summed E-state index contributed by atoms with van der Waals surface area (Å²) in [5.41, 5.74) is 0.525. The molecule has 0 aliphatic carbocycles. The molecule has 1 N–H and O–H groups in total. The molecule has 1 saturated heterocycles. The third kappa shape index (κ3) is 3.89. The first kappa shape index (κ1) is 18.5. The molecule has 8 nitrogen and oxygen atoms in total. The number of aromatic amines is 1. The molecule has 3 aromatic rings. The monoisotopic (exact) mass is 398 g/mol. The van der Waals surface area contributed by atoms with Crippen molar-refractivity contribution in [3.63, 3.8) is 0 Å². The summed E-state index contributed by atoms with van der Waals surface area (Å²) in [7, 11) is 0. The molecule has 1 aliphatic rings. The third-order valence-corrected chi connectivity index (χ3v) is 5.83. The number of H-pyrrole nitrogens is 1. The minimum absolute atomic E-state index is 0.00876. The van der Waals surface area contributed by atoms with Gasteiger partial charge in [0.25, 0.3) is 5.56 Å². The summed E-state index contributed by atoms with van der Waals surface area (Å²) in [4.78, 5) is 39.5. The highest BCUT2D eigenvalue weighted by molar-refractivity contribution is 7.13. The molecule has 1 aliphatic heterocycles. The predicted octanol–water partition coefficient (Wildman–Crippen LogP) is 2.11. The van der Waals surface area contributed by atoms with E-state index in [2.05, 4.69) is 20.1 Å². The van der Waals surface area contributed by atoms with Gasteiger partial charge in [0.05, 0.1) is 10.6 Å². The van der Waals surface area contributed by atoms with Crippen molar-refractivity contribution >= 4 is 17.2 Å². The number of hydrogen-bond donors (Lipinski definition) is 1. The topological polar surface area (TPSA) is 96.8 Å². The molecule has 28 heavy (non-hydrogen) atoms. The highest BCUT2D eigenvalue weighted by atomic mass is 32.1. The Labute approximate surface area is 166 Å². The molecule has 0 bridgehead atoms. The lowest BCUT2D eigenvalue weighted by Gasteiger charge is -2.32. The molecule has 1 amide bonds. The maximum atomic E-state index is 12.8. The Balaban J connectivity index is 1.51. The number of hydrogen-bond acceptors (Lipinski definition) is 6. The second-order valence-corrected chi connectivity index (χ2v) is 7.98. The summed E-state index contributed by atoms with van der Waals surface area (Å²) >= 11 is 1.55. The summed E-state index contributed by atoms with van der Waals surface area (Å²) in [5.74, 6) is 2.07. The average Bonchev–Trinajstić information content (AvgIpc) is 3.31. The van der Waals surface area contributed by atoms with Crippen LogP contribution in [0.3, 0.4) is 0 Å². The van der Waals surface area contributed by atoms with Gasteiger partial charge in [-0.2, -0.15) is 5.10 Å². The molecule has 9 heteroatoms. The highest BCUT2D eigenvalue weighted by Crippen LogP contribution is 2.27. The number of nitrogens with zero attached hydrogens (tertiary/aromatic N) is 5. The highest BCUT2D eigenvalue weighted by Gasteiger charge is 2.27. The number of nitrogens with one attached hydrogen (secondary N) is 1. The number of piperidine rings is 1. The van der Waals surface area contributed by atoms with Gasteiger partial charge in [-0.25, -0.2) is 14.6 Å². The lowest BCUT2D eigenvalue weighted by atomic mass is 9.97. The summed E-state index contributed by atoms with van der Waals surface area (Å²) in [5, 5.41) is 6.24. The Morgan fingerprint density at radius 3 is 2.93 bits per heavy atom. The van der Waals surface area contributed by atoms with E-state index in [0.717, 1.165) is 23.5 Å². The van der Waals surface area contributed by atoms with E-state index >= 15 is 0 Å². The number of thiophene rings is 1. The van der Waals surface area contributed by atoms with Crippen molar-refractivity contribution in [1.82, 2.24) is 29.6 Å². The third-order valence-electron chi connectivity index (χ3n) is 4.94. The summed E-state index contributed by atoms with van der Waals surface area (Å²) in [6.07, 6.45) is 1.76. The van der Waals surface area contributed by atoms with Crippen molar-refractivity contribution in [3.8, 4) is 10.6 Å². The molecular formula is C19H22N6O2S. The van der Waals surface area contributed by atoms with Crippen LogP contribution in [-0.2, 0) is 11.3 Å². The van der Waals surface area contributed by atoms with Gasteiger partial charge in [0.2, 0.25) is 5.91 Å². The lowest BCUT2D eigenvalue weighted by molar-refractivity contribution is -0.133. The standard InChI is InChI=1S/C19H22N6O2S/c1-12-20-13(2)25(23-12)11-18(27)24-7-3-5-14(10-24)19-21-15(9-17(26)22-19)16-6-4-8-28-16/h4,6,8-9,14H,3,5,7,10-11H2,1-2H3,(H,21,22,26). The Hall–Kier alpha value is -2.81. The number of aromatic nitrogens is 5. The van der Waals surface area contributed by atoms with Crippen LogP contribution in [0.15, 0.2) is 28.4 Å². The fourth-order valence-corrected chi connectivity index (χ4v) is 4.27. The smallest absolute Gasteiger partial charge is 0.251 e. The normalized spacial score (nSPS) is 17.1. The van der Waals surface area contributed by atoms with Gasteiger partial charge >= 0.3 is 0 Å². The number of likely N-dealkylation sites (tertiary alicyclic amines) is 1. The molecule has 3 aromatic heterocycles. The fourth-order valence-electron chi connectivity index (χ4n) is 3.59. The second-order valence-electron chi connectivity index (χ2n) is 7.04. The van der Waals surface area contributed by atoms with Gasteiger partial charge in [-0.3, -0.25) is 9.59 Å². The summed E-state index contributed by atoms with van der Waals surface area (Å²) in [6, 6.07) is 5.42. The van der Waals surface area contributed by atoms with E-state index in [9.17, 15) is 9.59 Å². The molecule has 0 aromatic carbocycles. The quantitative estimate of drug-likeness (QED) is 0.726. The fraction of sp³-hybridized carbons (Fsp3) is 0.421. The Kier molecular flexibility index (Phi) is 5.08. The van der Waals surface area contributed by atoms with Gasteiger partial charge in [0, 0.05) is 25.1 Å². The van der Waals surface area contributed by atoms with Gasteiger partial charge in [-0.05, 0) is 38.1 Å². The van der Waals surface area contributed by atoms with E-state index in [0.29, 0.717) is 30.4 Å². The summed E-state index contributed by atoms with van der Waals surface area (Å²) < 4.78 is 1.64. The van der Waals surface area contributed by atoms with Crippen LogP contribution in [0, 0.1) is 13.8 Å². The first-order chi connectivity index (χ1) is 13.5. The first-order valence-electron chi connectivity index (χ1n) is 9.30. The molecular weight excluding hydrogens is 376 g/mol. The van der Waals surface area contributed by atoms with E-state index in [-0.39, 0.29) is 23.9 Å². The van der Waals surface area contributed by atoms with E-state index < -0.39 is 0 Å². The maximum absolute atomic E-state index is 12.8. The van der Waals surface area contributed by atoms with Crippen molar-refractivity contribution in [2.75, 3.05) is 13.1 Å². The van der Waals surface area contributed by atoms with Crippen LogP contribution < -0.4 is 5.56 Å². The maximum Gasteiger partial charge on any atom is 0.251 e. The predicted molar refractivity (Wildman–Crippen MR) is 106 cm³/mol. The van der Waals surface area contributed by atoms with Gasteiger partial charge < -0.3 is 9.88 Å². The number of amides is 1. The van der Waals surface area contributed by atoms with Crippen LogP contribution in [0.4, 0.5) is 0 Å². The van der Waals surface area contributed by atoms with Crippen LogP contribution in [0.2, 0.25) is 0 Å². The SMILES string of the molecule is Cc1nc(C)n(CC(=O)N2CCCC(c3nc(-c4cccs4)cc(=O)[nH]3)C2)n1. The number of aryl methyl sites for hydroxylation is 2. The number of carbonyl (C=O) groups excluding carboxylic acids is 1. The van der Waals surface area contributed by atoms with Crippen molar-refractivity contribution in [2.24, 2.45) is 0 Å². The van der Waals surface area contributed by atoms with Crippen molar-refractivity contribution in [3.05, 3.63) is 51.4 Å². The van der Waals surface area contributed by atoms with Crippen LogP contribution in [-0.4, -0.2) is 48.6 Å². The first-order valence-corrected chi connectivity index (χ1v) is 10.2. The van der Waals surface area contributed by atoms with Gasteiger partial charge in [0.15, 0.2) is 0 Å². The zero-order valence-electron chi connectivity index (χ0n) is 15.9. The Morgan fingerprint density at radius 1 is 1.36 bits per heavy atom. The van der Waals surface area contributed by atoms with Crippen LogP contribution in [0.25, 0.3) is 10.6 Å². The molecule has 4 heterocycles. The second kappa shape index (κ2) is 7.67. The van der Waals surface area contributed by atoms with E-state index in [1.165, 1.54) is 6.07 Å². The van der Waals surface area contributed by atoms with E-state index in [1.54, 1.807) is 16.0 Å². The minimum atomic E-state index is -0.162. The van der Waals surface area contributed by atoms with Gasteiger partial charge in [-0.15, -0.1) is 11.3 Å². The largest absolute Gasteiger partial charge is 0.340 e. The molecule has 1 atom stereocenters. The van der Waals surface area contributed by atoms with Crippen molar-refractivity contribution in [1.29, 1.82) is 0 Å². The minimum Gasteiger partial charge on any atom is -0.340 e. The van der Waals surface area contributed by atoms with Crippen LogP contribution in [0.1, 0.15) is 36.2 Å². The molecule has 146 valence electrons.